The van der Waals surface area contributed by atoms with Gasteiger partial charge in [-0.05, 0) is 31.1 Å². The average Bonchev–Trinajstić information content (AvgIpc) is 2.80. The summed E-state index contributed by atoms with van der Waals surface area (Å²) in [6, 6.07) is 20.3. The third-order valence-electron chi connectivity index (χ3n) is 5.64. The number of aromatic nitrogens is 2. The normalized spacial score (nSPS) is 14.3. The number of aryl methyl sites for hydroxylation is 2. The molecule has 1 amide bonds. The molecule has 0 radical (unpaired) electrons. The SMILES string of the molecule is Cc1nc(C)c(Cc2ccccc2)c(N2CCN(C(=O)/C=C/c3ccccc3)CC2)n1. The molecule has 0 atom stereocenters. The van der Waals surface area contributed by atoms with Crippen LogP contribution in [0.4, 0.5) is 5.82 Å². The van der Waals surface area contributed by atoms with Crippen molar-refractivity contribution >= 4 is 17.8 Å². The van der Waals surface area contributed by atoms with Crippen LogP contribution < -0.4 is 4.90 Å². The van der Waals surface area contributed by atoms with Crippen molar-refractivity contribution in [2.24, 2.45) is 0 Å². The van der Waals surface area contributed by atoms with Crippen molar-refractivity contribution in [2.75, 3.05) is 31.1 Å². The smallest absolute Gasteiger partial charge is 0.246 e. The highest BCUT2D eigenvalue weighted by atomic mass is 16.2. The van der Waals surface area contributed by atoms with E-state index in [1.54, 1.807) is 6.08 Å². The van der Waals surface area contributed by atoms with Crippen LogP contribution in [0, 0.1) is 13.8 Å². The van der Waals surface area contributed by atoms with E-state index >= 15 is 0 Å². The number of piperazine rings is 1. The molecular weight excluding hydrogens is 384 g/mol. The second-order valence-electron chi connectivity index (χ2n) is 7.88. The number of hydrogen-bond acceptors (Lipinski definition) is 4. The Morgan fingerprint density at radius 2 is 1.55 bits per heavy atom. The summed E-state index contributed by atoms with van der Waals surface area (Å²) < 4.78 is 0. The summed E-state index contributed by atoms with van der Waals surface area (Å²) in [6.07, 6.45) is 4.36. The third kappa shape index (κ3) is 5.18. The summed E-state index contributed by atoms with van der Waals surface area (Å²) in [5.74, 6) is 1.84. The summed E-state index contributed by atoms with van der Waals surface area (Å²) in [5.41, 5.74) is 4.47. The maximum atomic E-state index is 12.6. The maximum absolute atomic E-state index is 12.6. The number of hydrogen-bond donors (Lipinski definition) is 0. The summed E-state index contributed by atoms with van der Waals surface area (Å²) >= 11 is 0. The minimum Gasteiger partial charge on any atom is -0.353 e. The van der Waals surface area contributed by atoms with Crippen LogP contribution in [0.1, 0.15) is 28.2 Å². The molecule has 0 aliphatic carbocycles. The molecule has 1 aromatic heterocycles. The molecule has 0 saturated carbocycles. The number of amides is 1. The Kier molecular flexibility index (Phi) is 6.41. The summed E-state index contributed by atoms with van der Waals surface area (Å²) in [7, 11) is 0. The quantitative estimate of drug-likeness (QED) is 0.594. The number of carbonyl (C=O) groups excluding carboxylic acids is 1. The van der Waals surface area contributed by atoms with E-state index in [1.807, 2.05) is 54.3 Å². The molecule has 5 heteroatoms. The zero-order chi connectivity index (χ0) is 21.6. The molecule has 158 valence electrons. The number of nitrogens with zero attached hydrogens (tertiary/aromatic N) is 4. The first-order chi connectivity index (χ1) is 15.1. The standard InChI is InChI=1S/C26H28N4O/c1-20-24(19-23-11-7-4-8-12-23)26(28-21(2)27-20)30-17-15-29(16-18-30)25(31)14-13-22-9-5-3-6-10-22/h3-14H,15-19H2,1-2H3/b14-13+. The molecule has 3 aromatic rings. The lowest BCUT2D eigenvalue weighted by molar-refractivity contribution is -0.126. The Hall–Kier alpha value is -3.47. The van der Waals surface area contributed by atoms with E-state index < -0.39 is 0 Å². The number of rotatable bonds is 5. The predicted octanol–water partition coefficient (Wildman–Crippen LogP) is 4.05. The fraction of sp³-hybridized carbons (Fsp3) is 0.269. The molecule has 4 rings (SSSR count). The first-order valence-corrected chi connectivity index (χ1v) is 10.7. The van der Waals surface area contributed by atoms with Gasteiger partial charge in [-0.25, -0.2) is 9.97 Å². The van der Waals surface area contributed by atoms with E-state index in [0.29, 0.717) is 13.1 Å². The summed E-state index contributed by atoms with van der Waals surface area (Å²) in [4.78, 5) is 26.2. The molecule has 31 heavy (non-hydrogen) atoms. The Balaban J connectivity index is 1.46. The zero-order valence-corrected chi connectivity index (χ0v) is 18.2. The first-order valence-electron chi connectivity index (χ1n) is 10.7. The van der Waals surface area contributed by atoms with E-state index in [9.17, 15) is 4.79 Å². The summed E-state index contributed by atoms with van der Waals surface area (Å²) in [5, 5.41) is 0. The lowest BCUT2D eigenvalue weighted by Gasteiger charge is -2.36. The van der Waals surface area contributed by atoms with E-state index in [1.165, 1.54) is 11.1 Å². The molecule has 1 aliphatic rings. The van der Waals surface area contributed by atoms with E-state index in [4.69, 9.17) is 4.98 Å². The average molecular weight is 413 g/mol. The molecule has 0 unspecified atom stereocenters. The van der Waals surface area contributed by atoms with Crippen molar-refractivity contribution in [3.63, 3.8) is 0 Å². The number of benzene rings is 2. The second-order valence-corrected chi connectivity index (χ2v) is 7.88. The van der Waals surface area contributed by atoms with Gasteiger partial charge >= 0.3 is 0 Å². The molecule has 1 fully saturated rings. The van der Waals surface area contributed by atoms with Crippen LogP contribution in [0.25, 0.3) is 6.08 Å². The van der Waals surface area contributed by atoms with Crippen molar-refractivity contribution in [3.8, 4) is 0 Å². The van der Waals surface area contributed by atoms with Crippen LogP contribution in [-0.2, 0) is 11.2 Å². The zero-order valence-electron chi connectivity index (χ0n) is 18.2. The fourth-order valence-corrected chi connectivity index (χ4v) is 3.96. The van der Waals surface area contributed by atoms with Crippen molar-refractivity contribution in [1.29, 1.82) is 0 Å². The number of anilines is 1. The van der Waals surface area contributed by atoms with Crippen molar-refractivity contribution in [1.82, 2.24) is 14.9 Å². The van der Waals surface area contributed by atoms with Crippen LogP contribution in [-0.4, -0.2) is 47.0 Å². The van der Waals surface area contributed by atoms with Crippen LogP contribution in [0.15, 0.2) is 66.7 Å². The van der Waals surface area contributed by atoms with Gasteiger partial charge in [0, 0.05) is 49.9 Å². The van der Waals surface area contributed by atoms with Crippen molar-refractivity contribution < 1.29 is 4.79 Å². The molecule has 2 heterocycles. The Morgan fingerprint density at radius 1 is 0.903 bits per heavy atom. The van der Waals surface area contributed by atoms with Gasteiger partial charge in [0.2, 0.25) is 5.91 Å². The topological polar surface area (TPSA) is 49.3 Å². The highest BCUT2D eigenvalue weighted by Crippen LogP contribution is 2.25. The van der Waals surface area contributed by atoms with E-state index in [2.05, 4.69) is 41.1 Å². The lowest BCUT2D eigenvalue weighted by atomic mass is 10.0. The van der Waals surface area contributed by atoms with Gasteiger partial charge in [0.25, 0.3) is 0 Å². The minimum atomic E-state index is 0.0584. The Labute approximate surface area is 184 Å². The first kappa shape index (κ1) is 20.8. The molecule has 5 nitrogen and oxygen atoms in total. The molecule has 0 bridgehead atoms. The lowest BCUT2D eigenvalue weighted by Crippen LogP contribution is -2.49. The highest BCUT2D eigenvalue weighted by Gasteiger charge is 2.24. The molecule has 1 aliphatic heterocycles. The van der Waals surface area contributed by atoms with Gasteiger partial charge in [-0.15, -0.1) is 0 Å². The largest absolute Gasteiger partial charge is 0.353 e. The van der Waals surface area contributed by atoms with E-state index in [0.717, 1.165) is 42.4 Å². The molecule has 0 spiro atoms. The fourth-order valence-electron chi connectivity index (χ4n) is 3.96. The highest BCUT2D eigenvalue weighted by molar-refractivity contribution is 5.92. The van der Waals surface area contributed by atoms with Gasteiger partial charge in [-0.2, -0.15) is 0 Å². The maximum Gasteiger partial charge on any atom is 0.246 e. The monoisotopic (exact) mass is 412 g/mol. The van der Waals surface area contributed by atoms with Crippen LogP contribution in [0.3, 0.4) is 0 Å². The molecule has 2 aromatic carbocycles. The molecule has 1 saturated heterocycles. The van der Waals surface area contributed by atoms with Crippen molar-refractivity contribution in [3.05, 3.63) is 94.9 Å². The second kappa shape index (κ2) is 9.56. The molecular formula is C26H28N4O. The van der Waals surface area contributed by atoms with Gasteiger partial charge < -0.3 is 9.80 Å². The Morgan fingerprint density at radius 3 is 2.23 bits per heavy atom. The van der Waals surface area contributed by atoms with Gasteiger partial charge in [0.1, 0.15) is 11.6 Å². The summed E-state index contributed by atoms with van der Waals surface area (Å²) in [6.45, 7) is 6.91. The van der Waals surface area contributed by atoms with E-state index in [-0.39, 0.29) is 5.91 Å². The van der Waals surface area contributed by atoms with Crippen molar-refractivity contribution in [2.45, 2.75) is 20.3 Å². The molecule has 0 N–H and O–H groups in total. The van der Waals surface area contributed by atoms with Crippen LogP contribution in [0.2, 0.25) is 0 Å². The van der Waals surface area contributed by atoms with Gasteiger partial charge in [-0.1, -0.05) is 60.7 Å². The number of carbonyl (C=O) groups is 1. The minimum absolute atomic E-state index is 0.0584. The Bertz CT molecular complexity index is 1060. The van der Waals surface area contributed by atoms with Crippen LogP contribution >= 0.6 is 0 Å². The van der Waals surface area contributed by atoms with Gasteiger partial charge in [-0.3, -0.25) is 4.79 Å². The van der Waals surface area contributed by atoms with Gasteiger partial charge in [0.05, 0.1) is 0 Å². The van der Waals surface area contributed by atoms with Gasteiger partial charge in [0.15, 0.2) is 0 Å². The third-order valence-corrected chi connectivity index (χ3v) is 5.64. The predicted molar refractivity (Wildman–Crippen MR) is 125 cm³/mol. The van der Waals surface area contributed by atoms with Crippen LogP contribution in [0.5, 0.6) is 0 Å².